The van der Waals surface area contributed by atoms with Crippen molar-refractivity contribution in [3.05, 3.63) is 54.1 Å². The van der Waals surface area contributed by atoms with E-state index in [0.29, 0.717) is 18.8 Å². The molecule has 3 aromatic rings. The van der Waals surface area contributed by atoms with Crippen LogP contribution in [0.25, 0.3) is 11.1 Å². The Kier molecular flexibility index (Phi) is 5.06. The largest absolute Gasteiger partial charge is 0.442 e. The number of cyclic esters (lactones) is 1. The van der Waals surface area contributed by atoms with Gasteiger partial charge in [-0.1, -0.05) is 6.07 Å². The number of benzene rings is 1. The molecule has 0 radical (unpaired) electrons. The monoisotopic (exact) mass is 414 g/mol. The number of amides is 1. The minimum Gasteiger partial charge on any atom is -0.442 e. The van der Waals surface area contributed by atoms with E-state index in [1.165, 1.54) is 12.3 Å². The highest BCUT2D eigenvalue weighted by atomic mass is 19.3. The van der Waals surface area contributed by atoms with E-state index in [9.17, 15) is 13.6 Å². The van der Waals surface area contributed by atoms with Crippen LogP contribution in [-0.2, 0) is 17.2 Å². The highest BCUT2D eigenvalue weighted by molar-refractivity contribution is 5.70. The van der Waals surface area contributed by atoms with Gasteiger partial charge >= 0.3 is 6.09 Å². The molecule has 4 rings (SSSR count). The molecule has 1 aromatic carbocycles. The van der Waals surface area contributed by atoms with Gasteiger partial charge in [0, 0.05) is 30.6 Å². The third kappa shape index (κ3) is 4.53. The summed E-state index contributed by atoms with van der Waals surface area (Å²) in [6.07, 6.45) is 4.19. The van der Waals surface area contributed by atoms with Gasteiger partial charge in [0.25, 0.3) is 5.92 Å². The molecule has 1 saturated heterocycles. The van der Waals surface area contributed by atoms with Crippen molar-refractivity contribution in [2.45, 2.75) is 32.4 Å². The standard InChI is InChI=1S/C20H20F2N6O2/c1-12-5-13(14-8-25-28(10-14)11-16-9-24-19(29)30-16)7-15(6-12)26-18-23-4-3-17(27-18)20(2,21)22/h3-8,10,16H,9,11H2,1-2H3,(H,24,29)(H,23,26,27)/t16-/m1/s1. The lowest BCUT2D eigenvalue weighted by atomic mass is 10.1. The third-order valence-electron chi connectivity index (χ3n) is 4.54. The van der Waals surface area contributed by atoms with Gasteiger partial charge in [-0.15, -0.1) is 0 Å². The zero-order valence-electron chi connectivity index (χ0n) is 16.4. The fourth-order valence-corrected chi connectivity index (χ4v) is 3.17. The Morgan fingerprint density at radius 1 is 1.33 bits per heavy atom. The van der Waals surface area contributed by atoms with Crippen molar-refractivity contribution in [2.24, 2.45) is 0 Å². The Morgan fingerprint density at radius 3 is 2.90 bits per heavy atom. The van der Waals surface area contributed by atoms with Crippen molar-refractivity contribution in [1.29, 1.82) is 0 Å². The number of alkyl halides is 2. The van der Waals surface area contributed by atoms with Crippen LogP contribution in [0.4, 0.5) is 25.2 Å². The number of aryl methyl sites for hydroxylation is 1. The first-order valence-corrected chi connectivity index (χ1v) is 9.34. The average molecular weight is 414 g/mol. The van der Waals surface area contributed by atoms with E-state index in [0.717, 1.165) is 23.6 Å². The zero-order chi connectivity index (χ0) is 21.3. The molecular weight excluding hydrogens is 394 g/mol. The van der Waals surface area contributed by atoms with Gasteiger partial charge in [-0.2, -0.15) is 13.9 Å². The van der Waals surface area contributed by atoms with Gasteiger partial charge in [-0.3, -0.25) is 4.68 Å². The van der Waals surface area contributed by atoms with Gasteiger partial charge in [-0.25, -0.2) is 14.8 Å². The minimum atomic E-state index is -3.05. The van der Waals surface area contributed by atoms with Crippen LogP contribution < -0.4 is 10.6 Å². The SMILES string of the molecule is Cc1cc(Nc2nccc(C(C)(F)F)n2)cc(-c2cnn(C[C@H]3CNC(=O)O3)c2)c1. The van der Waals surface area contributed by atoms with E-state index < -0.39 is 12.0 Å². The summed E-state index contributed by atoms with van der Waals surface area (Å²) >= 11 is 0. The number of ether oxygens (including phenoxy) is 1. The molecule has 1 aliphatic rings. The Balaban J connectivity index is 1.53. The smallest absolute Gasteiger partial charge is 0.407 e. The van der Waals surface area contributed by atoms with Crippen LogP contribution in [0.3, 0.4) is 0 Å². The van der Waals surface area contributed by atoms with Crippen molar-refractivity contribution in [3.63, 3.8) is 0 Å². The minimum absolute atomic E-state index is 0.0943. The molecule has 30 heavy (non-hydrogen) atoms. The lowest BCUT2D eigenvalue weighted by molar-refractivity contribution is 0.0127. The van der Waals surface area contributed by atoms with Crippen LogP contribution in [0, 0.1) is 6.92 Å². The van der Waals surface area contributed by atoms with Gasteiger partial charge in [0.15, 0.2) is 0 Å². The molecule has 1 atom stereocenters. The number of carbonyl (C=O) groups excluding carboxylic acids is 1. The summed E-state index contributed by atoms with van der Waals surface area (Å²) < 4.78 is 33.9. The molecule has 0 spiro atoms. The molecule has 156 valence electrons. The topological polar surface area (TPSA) is 94.0 Å². The average Bonchev–Trinajstić information content (AvgIpc) is 3.30. The van der Waals surface area contributed by atoms with Gasteiger partial charge in [0.1, 0.15) is 11.8 Å². The molecule has 8 nitrogen and oxygen atoms in total. The highest BCUT2D eigenvalue weighted by Crippen LogP contribution is 2.28. The zero-order valence-corrected chi connectivity index (χ0v) is 16.4. The number of rotatable bonds is 6. The molecular formula is C20H20F2N6O2. The number of nitrogens with one attached hydrogen (secondary N) is 2. The normalized spacial score (nSPS) is 16.3. The second kappa shape index (κ2) is 7.69. The summed E-state index contributed by atoms with van der Waals surface area (Å²) in [5.74, 6) is -2.95. The molecule has 0 aliphatic carbocycles. The number of anilines is 2. The summed E-state index contributed by atoms with van der Waals surface area (Å²) in [4.78, 5) is 19.1. The third-order valence-corrected chi connectivity index (χ3v) is 4.54. The summed E-state index contributed by atoms with van der Waals surface area (Å²) in [7, 11) is 0. The Labute approximate surface area is 171 Å². The van der Waals surface area contributed by atoms with Crippen molar-refractivity contribution in [1.82, 2.24) is 25.1 Å². The molecule has 1 amide bonds. The molecule has 2 aromatic heterocycles. The van der Waals surface area contributed by atoms with Crippen molar-refractivity contribution in [3.8, 4) is 11.1 Å². The molecule has 1 aliphatic heterocycles. The molecule has 1 fully saturated rings. The number of alkyl carbamates (subject to hydrolysis) is 1. The summed E-state index contributed by atoms with van der Waals surface area (Å²) in [5, 5.41) is 9.93. The van der Waals surface area contributed by atoms with E-state index in [-0.39, 0.29) is 17.7 Å². The molecule has 0 unspecified atom stereocenters. The predicted octanol–water partition coefficient (Wildman–Crippen LogP) is 3.61. The second-order valence-corrected chi connectivity index (χ2v) is 7.23. The van der Waals surface area contributed by atoms with Gasteiger partial charge in [0.2, 0.25) is 5.95 Å². The van der Waals surface area contributed by atoms with Crippen LogP contribution in [0.15, 0.2) is 42.9 Å². The number of halogens is 2. The Bertz CT molecular complexity index is 1080. The summed E-state index contributed by atoms with van der Waals surface area (Å²) in [6.45, 7) is 3.62. The van der Waals surface area contributed by atoms with E-state index in [1.807, 2.05) is 31.3 Å². The molecule has 0 bridgehead atoms. The van der Waals surface area contributed by atoms with Crippen molar-refractivity contribution >= 4 is 17.7 Å². The highest BCUT2D eigenvalue weighted by Gasteiger charge is 2.26. The lowest BCUT2D eigenvalue weighted by Crippen LogP contribution is -2.20. The molecule has 2 N–H and O–H groups in total. The number of nitrogens with zero attached hydrogens (tertiary/aromatic N) is 4. The van der Waals surface area contributed by atoms with Crippen molar-refractivity contribution in [2.75, 3.05) is 11.9 Å². The van der Waals surface area contributed by atoms with Gasteiger partial charge in [-0.05, 0) is 36.2 Å². The molecule has 10 heteroatoms. The number of aromatic nitrogens is 4. The van der Waals surface area contributed by atoms with E-state index in [2.05, 4.69) is 25.7 Å². The molecule has 0 saturated carbocycles. The lowest BCUT2D eigenvalue weighted by Gasteiger charge is -2.12. The second-order valence-electron chi connectivity index (χ2n) is 7.23. The van der Waals surface area contributed by atoms with Gasteiger partial charge < -0.3 is 15.4 Å². The van der Waals surface area contributed by atoms with Crippen LogP contribution in [0.5, 0.6) is 0 Å². The quantitative estimate of drug-likeness (QED) is 0.640. The van der Waals surface area contributed by atoms with Crippen LogP contribution in [0.2, 0.25) is 0 Å². The summed E-state index contributed by atoms with van der Waals surface area (Å²) in [5.41, 5.74) is 3.05. The number of carbonyl (C=O) groups is 1. The first-order valence-electron chi connectivity index (χ1n) is 9.34. The fraction of sp³-hybridized carbons (Fsp3) is 0.300. The molecule has 3 heterocycles. The maximum Gasteiger partial charge on any atom is 0.407 e. The number of hydrogen-bond donors (Lipinski definition) is 2. The summed E-state index contributed by atoms with van der Waals surface area (Å²) in [6, 6.07) is 6.92. The van der Waals surface area contributed by atoms with E-state index in [1.54, 1.807) is 10.9 Å². The Morgan fingerprint density at radius 2 is 2.17 bits per heavy atom. The van der Waals surface area contributed by atoms with Crippen molar-refractivity contribution < 1.29 is 18.3 Å². The van der Waals surface area contributed by atoms with Crippen LogP contribution in [0.1, 0.15) is 18.2 Å². The van der Waals surface area contributed by atoms with E-state index in [4.69, 9.17) is 4.74 Å². The van der Waals surface area contributed by atoms with E-state index >= 15 is 0 Å². The van der Waals surface area contributed by atoms with Crippen LogP contribution in [-0.4, -0.2) is 38.5 Å². The maximum atomic E-state index is 13.5. The Hall–Kier alpha value is -3.56. The van der Waals surface area contributed by atoms with Gasteiger partial charge in [0.05, 0.1) is 19.3 Å². The maximum absolute atomic E-state index is 13.5. The predicted molar refractivity (Wildman–Crippen MR) is 106 cm³/mol. The van der Waals surface area contributed by atoms with Crippen LogP contribution >= 0.6 is 0 Å². The first kappa shape index (κ1) is 19.7. The first-order chi connectivity index (χ1) is 14.3. The fourth-order valence-electron chi connectivity index (χ4n) is 3.17. The number of hydrogen-bond acceptors (Lipinski definition) is 6.